The predicted octanol–water partition coefficient (Wildman–Crippen LogP) is 3.53. The Morgan fingerprint density at radius 1 is 1.57 bits per heavy atom. The molecule has 1 atom stereocenters. The first-order chi connectivity index (χ1) is 9.88. The second kappa shape index (κ2) is 6.58. The minimum atomic E-state index is -0.653. The first kappa shape index (κ1) is 16.0. The molecule has 0 spiro atoms. The molecule has 116 valence electrons. The molecular weight excluding hydrogens is 297 g/mol. The molecule has 1 saturated heterocycles. The molecule has 2 rings (SSSR count). The zero-order chi connectivity index (χ0) is 15.6. The highest BCUT2D eigenvalue weighted by Crippen LogP contribution is 2.31. The summed E-state index contributed by atoms with van der Waals surface area (Å²) in [5.41, 5.74) is -0.00925. The summed E-state index contributed by atoms with van der Waals surface area (Å²) < 4.78 is 13.5. The fourth-order valence-electron chi connectivity index (χ4n) is 2.58. The van der Waals surface area contributed by atoms with E-state index in [4.69, 9.17) is 11.6 Å². The van der Waals surface area contributed by atoms with Crippen LogP contribution in [0.1, 0.15) is 20.3 Å². The van der Waals surface area contributed by atoms with Crippen LogP contribution in [0.3, 0.4) is 0 Å². The molecule has 1 aromatic rings. The van der Waals surface area contributed by atoms with E-state index >= 15 is 0 Å². The molecule has 1 aliphatic rings. The standard InChI is InChI=1S/C14H19ClFN3O2/c1-9(2)18-4-3-10(8-18)7-17-13-6-12(16)11(15)5-14(13)19(20)21/h5-6,9-10,17H,3-4,7-8H2,1-2H3. The number of benzene rings is 1. The van der Waals surface area contributed by atoms with Gasteiger partial charge in [-0.1, -0.05) is 11.6 Å². The lowest BCUT2D eigenvalue weighted by Gasteiger charge is -2.20. The molecule has 0 aliphatic carbocycles. The molecule has 7 heteroatoms. The Kier molecular flexibility index (Phi) is 5.00. The molecule has 1 heterocycles. The van der Waals surface area contributed by atoms with Gasteiger partial charge in [-0.2, -0.15) is 0 Å². The summed E-state index contributed by atoms with van der Waals surface area (Å²) in [5.74, 6) is -0.245. The quantitative estimate of drug-likeness (QED) is 0.667. The maximum absolute atomic E-state index is 13.5. The number of rotatable bonds is 5. The van der Waals surface area contributed by atoms with E-state index in [0.717, 1.165) is 31.6 Å². The third kappa shape index (κ3) is 3.83. The number of halogens is 2. The smallest absolute Gasteiger partial charge is 0.294 e. The Morgan fingerprint density at radius 2 is 2.29 bits per heavy atom. The molecule has 0 saturated carbocycles. The molecule has 0 amide bonds. The van der Waals surface area contributed by atoms with Crippen molar-refractivity contribution in [3.8, 4) is 0 Å². The Hall–Kier alpha value is -1.40. The lowest BCUT2D eigenvalue weighted by atomic mass is 10.1. The predicted molar refractivity (Wildman–Crippen MR) is 81.4 cm³/mol. The van der Waals surface area contributed by atoms with Gasteiger partial charge in [0.15, 0.2) is 0 Å². The largest absolute Gasteiger partial charge is 0.379 e. The van der Waals surface area contributed by atoms with E-state index in [2.05, 4.69) is 24.1 Å². The van der Waals surface area contributed by atoms with Gasteiger partial charge in [-0.3, -0.25) is 10.1 Å². The summed E-state index contributed by atoms with van der Waals surface area (Å²) in [7, 11) is 0. The van der Waals surface area contributed by atoms with Crippen molar-refractivity contribution in [1.29, 1.82) is 0 Å². The fourth-order valence-corrected chi connectivity index (χ4v) is 2.74. The van der Waals surface area contributed by atoms with E-state index in [1.165, 1.54) is 0 Å². The summed E-state index contributed by atoms with van der Waals surface area (Å²) in [6.45, 7) is 6.87. The van der Waals surface area contributed by atoms with Crippen LogP contribution in [0, 0.1) is 21.8 Å². The number of nitrogens with zero attached hydrogens (tertiary/aromatic N) is 2. The zero-order valence-corrected chi connectivity index (χ0v) is 12.9. The highest BCUT2D eigenvalue weighted by atomic mass is 35.5. The van der Waals surface area contributed by atoms with Crippen molar-refractivity contribution in [3.05, 3.63) is 33.1 Å². The van der Waals surface area contributed by atoms with Crippen molar-refractivity contribution in [3.63, 3.8) is 0 Å². The second-order valence-electron chi connectivity index (χ2n) is 5.66. The molecule has 1 aliphatic heterocycles. The lowest BCUT2D eigenvalue weighted by molar-refractivity contribution is -0.384. The zero-order valence-electron chi connectivity index (χ0n) is 12.1. The number of hydrogen-bond acceptors (Lipinski definition) is 4. The second-order valence-corrected chi connectivity index (χ2v) is 6.07. The molecule has 1 fully saturated rings. The summed E-state index contributed by atoms with van der Waals surface area (Å²) in [5, 5.41) is 13.8. The first-order valence-corrected chi connectivity index (χ1v) is 7.37. The van der Waals surface area contributed by atoms with Gasteiger partial charge in [0, 0.05) is 31.3 Å². The highest BCUT2D eigenvalue weighted by Gasteiger charge is 2.25. The van der Waals surface area contributed by atoms with Gasteiger partial charge in [-0.05, 0) is 32.7 Å². The first-order valence-electron chi connectivity index (χ1n) is 7.00. The molecule has 1 unspecified atom stereocenters. The average Bonchev–Trinajstić information content (AvgIpc) is 2.88. The Balaban J connectivity index is 2.03. The van der Waals surface area contributed by atoms with Gasteiger partial charge < -0.3 is 10.2 Å². The van der Waals surface area contributed by atoms with Crippen molar-refractivity contribution in [2.45, 2.75) is 26.3 Å². The van der Waals surface area contributed by atoms with Gasteiger partial charge in [0.25, 0.3) is 5.69 Å². The van der Waals surface area contributed by atoms with Crippen molar-refractivity contribution in [1.82, 2.24) is 4.90 Å². The van der Waals surface area contributed by atoms with Gasteiger partial charge in [-0.25, -0.2) is 4.39 Å². The van der Waals surface area contributed by atoms with Crippen LogP contribution in [0.5, 0.6) is 0 Å². The van der Waals surface area contributed by atoms with Crippen LogP contribution >= 0.6 is 11.6 Å². The summed E-state index contributed by atoms with van der Waals surface area (Å²) in [6, 6.07) is 2.64. The van der Waals surface area contributed by atoms with Gasteiger partial charge in [-0.15, -0.1) is 0 Å². The lowest BCUT2D eigenvalue weighted by Crippen LogP contribution is -2.29. The number of nitro benzene ring substituents is 1. The maximum Gasteiger partial charge on any atom is 0.294 e. The van der Waals surface area contributed by atoms with Gasteiger partial charge in [0.2, 0.25) is 0 Å². The van der Waals surface area contributed by atoms with Crippen LogP contribution in [-0.2, 0) is 0 Å². The summed E-state index contributed by atoms with van der Waals surface area (Å²) >= 11 is 5.60. The maximum atomic E-state index is 13.5. The number of nitro groups is 1. The normalized spacial score (nSPS) is 19.2. The van der Waals surface area contributed by atoms with Gasteiger partial charge in [0.05, 0.1) is 9.95 Å². The molecule has 0 radical (unpaired) electrons. The van der Waals surface area contributed by atoms with Crippen molar-refractivity contribution < 1.29 is 9.31 Å². The molecule has 0 bridgehead atoms. The topological polar surface area (TPSA) is 58.4 Å². The Labute approximate surface area is 128 Å². The van der Waals surface area contributed by atoms with Crippen molar-refractivity contribution in [2.75, 3.05) is 25.0 Å². The average molecular weight is 316 g/mol. The molecular formula is C14H19ClFN3O2. The Bertz CT molecular complexity index is 539. The van der Waals surface area contributed by atoms with Crippen molar-refractivity contribution >= 4 is 23.0 Å². The van der Waals surface area contributed by atoms with E-state index in [1.54, 1.807) is 0 Å². The number of hydrogen-bond donors (Lipinski definition) is 1. The molecule has 0 aromatic heterocycles. The minimum absolute atomic E-state index is 0.185. The summed E-state index contributed by atoms with van der Waals surface area (Å²) in [4.78, 5) is 12.8. The minimum Gasteiger partial charge on any atom is -0.379 e. The molecule has 5 nitrogen and oxygen atoms in total. The molecule has 21 heavy (non-hydrogen) atoms. The highest BCUT2D eigenvalue weighted by molar-refractivity contribution is 6.31. The van der Waals surface area contributed by atoms with Gasteiger partial charge >= 0.3 is 0 Å². The van der Waals surface area contributed by atoms with E-state index in [9.17, 15) is 14.5 Å². The van der Waals surface area contributed by atoms with Crippen LogP contribution in [0.4, 0.5) is 15.8 Å². The third-order valence-electron chi connectivity index (χ3n) is 3.86. The third-order valence-corrected chi connectivity index (χ3v) is 4.15. The number of likely N-dealkylation sites (tertiary alicyclic amines) is 1. The van der Waals surface area contributed by atoms with E-state index < -0.39 is 10.7 Å². The number of anilines is 1. The van der Waals surface area contributed by atoms with Gasteiger partial charge in [0.1, 0.15) is 11.5 Å². The van der Waals surface area contributed by atoms with Crippen LogP contribution in [0.2, 0.25) is 5.02 Å². The number of nitrogens with one attached hydrogen (secondary N) is 1. The van der Waals surface area contributed by atoms with Crippen LogP contribution in [0.25, 0.3) is 0 Å². The monoisotopic (exact) mass is 315 g/mol. The summed E-state index contributed by atoms with van der Waals surface area (Å²) in [6.07, 6.45) is 1.04. The Morgan fingerprint density at radius 3 is 2.86 bits per heavy atom. The molecule has 1 aromatic carbocycles. The molecule has 1 N–H and O–H groups in total. The van der Waals surface area contributed by atoms with Crippen LogP contribution in [0.15, 0.2) is 12.1 Å². The van der Waals surface area contributed by atoms with E-state index in [1.807, 2.05) is 0 Å². The van der Waals surface area contributed by atoms with Crippen molar-refractivity contribution in [2.24, 2.45) is 5.92 Å². The fraction of sp³-hybridized carbons (Fsp3) is 0.571. The SMILES string of the molecule is CC(C)N1CCC(CNc2cc(F)c(Cl)cc2[N+](=O)[O-])C1. The van der Waals surface area contributed by atoms with Crippen LogP contribution < -0.4 is 5.32 Å². The van der Waals surface area contributed by atoms with E-state index in [0.29, 0.717) is 18.5 Å². The van der Waals surface area contributed by atoms with E-state index in [-0.39, 0.29) is 16.4 Å². The van der Waals surface area contributed by atoms with Crippen LogP contribution in [-0.4, -0.2) is 35.5 Å².